The van der Waals surface area contributed by atoms with Gasteiger partial charge in [-0.1, -0.05) is 152 Å². The summed E-state index contributed by atoms with van der Waals surface area (Å²) in [6.45, 7) is 3.91. The Labute approximate surface area is 181 Å². The van der Waals surface area contributed by atoms with Crippen LogP contribution in [-0.2, 0) is 6.42 Å². The van der Waals surface area contributed by atoms with E-state index in [0.29, 0.717) is 0 Å². The second kappa shape index (κ2) is 16.5. The number of aryl methyl sites for hydroxylation is 1. The molecule has 0 saturated carbocycles. The van der Waals surface area contributed by atoms with E-state index in [4.69, 9.17) is 0 Å². The molecule has 0 aliphatic carbocycles. The predicted molar refractivity (Wildman–Crippen MR) is 131 cm³/mol. The number of unbranched alkanes of at least 4 members (excludes halogenated alkanes) is 16. The smallest absolute Gasteiger partial charge is 0.0152 e. The molecule has 0 heteroatoms. The summed E-state index contributed by atoms with van der Waals surface area (Å²) in [6, 6.07) is 15.6. The van der Waals surface area contributed by atoms with Crippen molar-refractivity contribution in [1.29, 1.82) is 0 Å². The van der Waals surface area contributed by atoms with Gasteiger partial charge >= 0.3 is 0 Å². The van der Waals surface area contributed by atoms with Crippen LogP contribution in [0.5, 0.6) is 0 Å². The molecule has 0 bridgehead atoms. The van der Waals surface area contributed by atoms with Crippen molar-refractivity contribution >= 4 is 10.8 Å². The van der Waals surface area contributed by atoms with Gasteiger partial charge < -0.3 is 0 Å². The molecule has 2 aromatic rings. The predicted octanol–water partition coefficient (Wildman–Crippen LogP) is 9.85. The fourth-order valence-electron chi connectivity index (χ4n) is 4.48. The molecular weight excluding hydrogens is 348 g/mol. The van der Waals surface area contributed by atoms with Crippen molar-refractivity contribution in [3.8, 4) is 0 Å². The Bertz CT molecular complexity index is 621. The van der Waals surface area contributed by atoms with Gasteiger partial charge in [0.25, 0.3) is 0 Å². The third-order valence-corrected chi connectivity index (χ3v) is 6.33. The Morgan fingerprint density at radius 3 is 1.45 bits per heavy atom. The van der Waals surface area contributed by atoms with E-state index in [1.54, 1.807) is 0 Å². The molecule has 0 fully saturated rings. The summed E-state index contributed by atoms with van der Waals surface area (Å²) in [5.41, 5.74) is 1.53. The van der Waals surface area contributed by atoms with Crippen molar-refractivity contribution in [2.45, 2.75) is 116 Å². The van der Waals surface area contributed by atoms with Crippen LogP contribution in [0, 0.1) is 6.92 Å². The van der Waals surface area contributed by atoms with Gasteiger partial charge in [0.2, 0.25) is 0 Å². The standard InChI is InChI=1S/C29H45/c1-2-3-4-5-6-7-8-9-10-11-12-13-14-15-16-17-18-22-27-24-21-25-28-23-19-20-26-29(27)28/h19-21,23-26H,1-18,22H2. The van der Waals surface area contributed by atoms with Crippen LogP contribution in [0.2, 0.25) is 0 Å². The Morgan fingerprint density at radius 2 is 0.897 bits per heavy atom. The number of fused-ring (bicyclic) bond motifs is 1. The molecule has 2 rings (SSSR count). The van der Waals surface area contributed by atoms with Gasteiger partial charge in [-0.2, -0.15) is 0 Å². The molecule has 0 amide bonds. The van der Waals surface area contributed by atoms with Gasteiger partial charge in [-0.15, -0.1) is 0 Å². The van der Waals surface area contributed by atoms with Crippen molar-refractivity contribution in [2.24, 2.45) is 0 Å². The summed E-state index contributed by atoms with van der Waals surface area (Å²) < 4.78 is 0. The van der Waals surface area contributed by atoms with Crippen LogP contribution in [0.3, 0.4) is 0 Å². The molecule has 0 atom stereocenters. The second-order valence-electron chi connectivity index (χ2n) is 8.90. The highest BCUT2D eigenvalue weighted by Crippen LogP contribution is 2.21. The molecule has 0 saturated heterocycles. The van der Waals surface area contributed by atoms with Crippen LogP contribution in [0.15, 0.2) is 42.5 Å². The average molecular weight is 394 g/mol. The lowest BCUT2D eigenvalue weighted by molar-refractivity contribution is 0.528. The largest absolute Gasteiger partial charge is 0.0616 e. The van der Waals surface area contributed by atoms with Crippen LogP contribution < -0.4 is 0 Å². The van der Waals surface area contributed by atoms with E-state index >= 15 is 0 Å². The van der Waals surface area contributed by atoms with Gasteiger partial charge in [0.05, 0.1) is 0 Å². The van der Waals surface area contributed by atoms with Crippen LogP contribution in [0.25, 0.3) is 10.8 Å². The summed E-state index contributed by atoms with van der Waals surface area (Å²) in [5.74, 6) is 0. The van der Waals surface area contributed by atoms with Crippen LogP contribution >= 0.6 is 0 Å². The topological polar surface area (TPSA) is 0 Å². The molecule has 0 spiro atoms. The molecule has 0 aliphatic rings. The molecule has 29 heavy (non-hydrogen) atoms. The summed E-state index contributed by atoms with van der Waals surface area (Å²) >= 11 is 0. The van der Waals surface area contributed by atoms with Crippen molar-refractivity contribution in [3.05, 3.63) is 55.0 Å². The van der Waals surface area contributed by atoms with E-state index in [0.717, 1.165) is 6.42 Å². The van der Waals surface area contributed by atoms with Gasteiger partial charge in [0.1, 0.15) is 0 Å². The van der Waals surface area contributed by atoms with Gasteiger partial charge in [0, 0.05) is 0 Å². The van der Waals surface area contributed by atoms with Gasteiger partial charge in [-0.25, -0.2) is 0 Å². The van der Waals surface area contributed by atoms with Crippen molar-refractivity contribution in [3.63, 3.8) is 0 Å². The lowest BCUT2D eigenvalue weighted by Gasteiger charge is -2.07. The van der Waals surface area contributed by atoms with E-state index in [1.807, 2.05) is 0 Å². The highest BCUT2D eigenvalue weighted by Gasteiger charge is 2.00. The zero-order valence-corrected chi connectivity index (χ0v) is 19.0. The first-order valence-electron chi connectivity index (χ1n) is 12.7. The summed E-state index contributed by atoms with van der Waals surface area (Å²) in [5, 5.41) is 2.83. The number of hydrogen-bond donors (Lipinski definition) is 0. The van der Waals surface area contributed by atoms with Crippen molar-refractivity contribution in [2.75, 3.05) is 0 Å². The summed E-state index contributed by atoms with van der Waals surface area (Å²) in [4.78, 5) is 0. The van der Waals surface area contributed by atoms with E-state index in [2.05, 4.69) is 49.4 Å². The van der Waals surface area contributed by atoms with E-state index in [-0.39, 0.29) is 0 Å². The molecule has 0 unspecified atom stereocenters. The minimum atomic E-state index is 1.12. The Hall–Kier alpha value is -1.30. The SMILES string of the molecule is [CH2]CCCCCCCCCCCCCCCCCCc1cccc2ccccc12. The minimum Gasteiger partial charge on any atom is -0.0616 e. The van der Waals surface area contributed by atoms with Crippen LogP contribution in [-0.4, -0.2) is 0 Å². The monoisotopic (exact) mass is 393 g/mol. The van der Waals surface area contributed by atoms with E-state index in [1.165, 1.54) is 125 Å². The number of hydrogen-bond acceptors (Lipinski definition) is 0. The van der Waals surface area contributed by atoms with Crippen LogP contribution in [0.4, 0.5) is 0 Å². The minimum absolute atomic E-state index is 1.12. The zero-order valence-electron chi connectivity index (χ0n) is 19.0. The molecule has 0 heterocycles. The Balaban J connectivity index is 1.35. The second-order valence-corrected chi connectivity index (χ2v) is 8.90. The molecule has 161 valence electrons. The Kier molecular flexibility index (Phi) is 13.6. The van der Waals surface area contributed by atoms with E-state index < -0.39 is 0 Å². The third-order valence-electron chi connectivity index (χ3n) is 6.33. The van der Waals surface area contributed by atoms with Gasteiger partial charge in [0.15, 0.2) is 0 Å². The first-order chi connectivity index (χ1) is 14.4. The fraction of sp³-hybridized carbons (Fsp3) is 0.621. The fourth-order valence-corrected chi connectivity index (χ4v) is 4.48. The van der Waals surface area contributed by atoms with Crippen molar-refractivity contribution in [1.82, 2.24) is 0 Å². The first kappa shape index (κ1) is 24.0. The number of benzene rings is 2. The lowest BCUT2D eigenvalue weighted by Crippen LogP contribution is -1.88. The third kappa shape index (κ3) is 10.9. The molecule has 0 aromatic heterocycles. The zero-order chi connectivity index (χ0) is 20.4. The molecule has 0 N–H and O–H groups in total. The Morgan fingerprint density at radius 1 is 0.448 bits per heavy atom. The number of rotatable bonds is 18. The molecule has 0 nitrogen and oxygen atoms in total. The maximum atomic E-state index is 3.91. The van der Waals surface area contributed by atoms with Crippen LogP contribution in [0.1, 0.15) is 115 Å². The normalized spacial score (nSPS) is 11.3. The maximum absolute atomic E-state index is 3.91. The lowest BCUT2D eigenvalue weighted by atomic mass is 9.99. The molecule has 1 radical (unpaired) electrons. The summed E-state index contributed by atoms with van der Waals surface area (Å²) in [6.07, 6.45) is 25.2. The van der Waals surface area contributed by atoms with E-state index in [9.17, 15) is 0 Å². The van der Waals surface area contributed by atoms with Crippen molar-refractivity contribution < 1.29 is 0 Å². The average Bonchev–Trinajstić information content (AvgIpc) is 2.76. The first-order valence-corrected chi connectivity index (χ1v) is 12.7. The highest BCUT2D eigenvalue weighted by atomic mass is 14.1. The summed E-state index contributed by atoms with van der Waals surface area (Å²) in [7, 11) is 0. The maximum Gasteiger partial charge on any atom is -0.0152 e. The molecule has 0 aliphatic heterocycles. The molecule has 2 aromatic carbocycles. The van der Waals surface area contributed by atoms with Gasteiger partial charge in [-0.3, -0.25) is 0 Å². The quantitative estimate of drug-likeness (QED) is 0.221. The van der Waals surface area contributed by atoms with Gasteiger partial charge in [-0.05, 0) is 29.2 Å². The molecular formula is C29H45. The highest BCUT2D eigenvalue weighted by molar-refractivity contribution is 5.85.